The second-order valence-electron chi connectivity index (χ2n) is 10.7. The number of ether oxygens (including phenoxy) is 1. The molecular formula is C28H40F6O. The number of hydrogen-bond acceptors (Lipinski definition) is 1. The molecule has 1 nitrogen and oxygen atoms in total. The first-order valence-electron chi connectivity index (χ1n) is 13.4. The number of benzene rings is 1. The lowest BCUT2D eigenvalue weighted by molar-refractivity contribution is -0.163. The highest BCUT2D eigenvalue weighted by Crippen LogP contribution is 2.49. The smallest absolute Gasteiger partial charge is 0.420 e. The molecule has 7 heteroatoms. The third-order valence-corrected chi connectivity index (χ3v) is 8.44. The van der Waals surface area contributed by atoms with Crippen molar-refractivity contribution in [2.45, 2.75) is 110 Å². The standard InChI is InChI=1S/C28H40F6O/c1-4-6-19-7-12-21(13-8-19)22-14-9-20(10-15-22)11-16-23-18(3)17-24(35-5-2)26(28(32,33)34)25(23)27(29,30)31/h17,19-22H,4-16H2,1-3H3. The van der Waals surface area contributed by atoms with Crippen LogP contribution in [0, 0.1) is 30.6 Å². The molecule has 0 N–H and O–H groups in total. The molecule has 0 aromatic heterocycles. The van der Waals surface area contributed by atoms with Gasteiger partial charge in [-0.1, -0.05) is 45.4 Å². The minimum absolute atomic E-state index is 0.00756. The van der Waals surface area contributed by atoms with Crippen molar-refractivity contribution in [2.75, 3.05) is 6.61 Å². The molecule has 2 saturated carbocycles. The Morgan fingerprint density at radius 1 is 0.743 bits per heavy atom. The summed E-state index contributed by atoms with van der Waals surface area (Å²) in [5, 5.41) is 0. The maximum atomic E-state index is 14.0. The van der Waals surface area contributed by atoms with Crippen LogP contribution in [-0.2, 0) is 18.8 Å². The normalized spacial score (nSPS) is 26.1. The molecule has 0 unspecified atom stereocenters. The second kappa shape index (κ2) is 11.8. The second-order valence-corrected chi connectivity index (χ2v) is 10.7. The van der Waals surface area contributed by atoms with Gasteiger partial charge in [-0.05, 0) is 93.2 Å². The van der Waals surface area contributed by atoms with E-state index in [0.717, 1.165) is 43.6 Å². The fourth-order valence-electron chi connectivity index (χ4n) is 6.67. The van der Waals surface area contributed by atoms with Crippen molar-refractivity contribution < 1.29 is 31.1 Å². The number of aryl methyl sites for hydroxylation is 1. The van der Waals surface area contributed by atoms with E-state index in [4.69, 9.17) is 4.74 Å². The van der Waals surface area contributed by atoms with E-state index in [1.165, 1.54) is 52.4 Å². The highest BCUT2D eigenvalue weighted by molar-refractivity contribution is 5.52. The highest BCUT2D eigenvalue weighted by Gasteiger charge is 2.48. The molecule has 0 saturated heterocycles. The van der Waals surface area contributed by atoms with Crippen molar-refractivity contribution >= 4 is 0 Å². The van der Waals surface area contributed by atoms with E-state index in [9.17, 15) is 26.3 Å². The zero-order valence-corrected chi connectivity index (χ0v) is 21.3. The Morgan fingerprint density at radius 2 is 1.23 bits per heavy atom. The van der Waals surface area contributed by atoms with Crippen LogP contribution in [0.1, 0.15) is 107 Å². The van der Waals surface area contributed by atoms with Crippen LogP contribution >= 0.6 is 0 Å². The Labute approximate surface area is 206 Å². The van der Waals surface area contributed by atoms with E-state index < -0.39 is 29.2 Å². The van der Waals surface area contributed by atoms with Gasteiger partial charge >= 0.3 is 12.4 Å². The molecule has 0 bridgehead atoms. The molecule has 0 radical (unpaired) electrons. The van der Waals surface area contributed by atoms with Crippen LogP contribution in [0.15, 0.2) is 6.07 Å². The van der Waals surface area contributed by atoms with Gasteiger partial charge in [0.1, 0.15) is 11.3 Å². The van der Waals surface area contributed by atoms with Gasteiger partial charge in [0.25, 0.3) is 0 Å². The maximum Gasteiger partial charge on any atom is 0.420 e. The van der Waals surface area contributed by atoms with Crippen molar-refractivity contribution in [1.29, 1.82) is 0 Å². The highest BCUT2D eigenvalue weighted by atomic mass is 19.4. The lowest BCUT2D eigenvalue weighted by Gasteiger charge is -2.38. The van der Waals surface area contributed by atoms with Crippen LogP contribution in [0.3, 0.4) is 0 Å². The molecule has 35 heavy (non-hydrogen) atoms. The molecule has 0 amide bonds. The lowest BCUT2D eigenvalue weighted by atomic mass is 9.68. The molecule has 0 atom stereocenters. The molecule has 1 aromatic rings. The van der Waals surface area contributed by atoms with Gasteiger partial charge in [0.05, 0.1) is 12.2 Å². The molecule has 0 heterocycles. The summed E-state index contributed by atoms with van der Waals surface area (Å²) in [4.78, 5) is 0. The SMILES string of the molecule is CCCC1CCC(C2CCC(CCc3c(C)cc(OCC)c(C(F)(F)F)c3C(F)(F)F)CC2)CC1. The molecule has 0 aliphatic heterocycles. The summed E-state index contributed by atoms with van der Waals surface area (Å²) >= 11 is 0. The number of alkyl halides is 6. The first kappa shape index (κ1) is 28.2. The monoisotopic (exact) mass is 506 g/mol. The quantitative estimate of drug-likeness (QED) is 0.319. The molecule has 2 aliphatic rings. The van der Waals surface area contributed by atoms with Crippen molar-refractivity contribution in [3.63, 3.8) is 0 Å². The predicted octanol–water partition coefficient (Wildman–Crippen LogP) is 9.78. The van der Waals surface area contributed by atoms with Crippen molar-refractivity contribution in [1.82, 2.24) is 0 Å². The van der Waals surface area contributed by atoms with E-state index >= 15 is 0 Å². The van der Waals surface area contributed by atoms with Crippen LogP contribution in [0.5, 0.6) is 5.75 Å². The summed E-state index contributed by atoms with van der Waals surface area (Å²) in [6.45, 7) is 5.02. The largest absolute Gasteiger partial charge is 0.493 e. The zero-order chi connectivity index (χ0) is 25.8. The Morgan fingerprint density at radius 3 is 1.66 bits per heavy atom. The number of halogens is 6. The molecule has 0 spiro atoms. The van der Waals surface area contributed by atoms with E-state index in [1.807, 2.05) is 0 Å². The van der Waals surface area contributed by atoms with E-state index in [0.29, 0.717) is 12.3 Å². The van der Waals surface area contributed by atoms with Crippen molar-refractivity contribution in [2.24, 2.45) is 23.7 Å². The fourth-order valence-corrected chi connectivity index (χ4v) is 6.67. The Bertz CT molecular complexity index is 812. The molecule has 3 rings (SSSR count). The zero-order valence-electron chi connectivity index (χ0n) is 21.3. The molecule has 2 aliphatic carbocycles. The van der Waals surface area contributed by atoms with Gasteiger partial charge in [0, 0.05) is 0 Å². The van der Waals surface area contributed by atoms with Gasteiger partial charge in [0.15, 0.2) is 0 Å². The third kappa shape index (κ3) is 7.09. The minimum atomic E-state index is -5.15. The van der Waals surface area contributed by atoms with E-state index in [-0.39, 0.29) is 30.1 Å². The number of hydrogen-bond donors (Lipinski definition) is 0. The summed E-state index contributed by atoms with van der Waals surface area (Å²) in [6, 6.07) is 1.13. The van der Waals surface area contributed by atoms with Crippen LogP contribution in [0.4, 0.5) is 26.3 Å². The van der Waals surface area contributed by atoms with Crippen LogP contribution in [-0.4, -0.2) is 6.61 Å². The summed E-state index contributed by atoms with van der Waals surface area (Å²) in [7, 11) is 0. The van der Waals surface area contributed by atoms with Crippen molar-refractivity contribution in [3.05, 3.63) is 28.3 Å². The third-order valence-electron chi connectivity index (χ3n) is 8.44. The summed E-state index contributed by atoms with van der Waals surface area (Å²) in [6.07, 6.45) is 2.14. The molecular weight excluding hydrogens is 466 g/mol. The lowest BCUT2D eigenvalue weighted by Crippen LogP contribution is -2.26. The summed E-state index contributed by atoms with van der Waals surface area (Å²) in [5.41, 5.74) is -3.27. The van der Waals surface area contributed by atoms with Gasteiger partial charge < -0.3 is 4.74 Å². The Hall–Kier alpha value is -1.40. The first-order valence-corrected chi connectivity index (χ1v) is 13.4. The predicted molar refractivity (Wildman–Crippen MR) is 126 cm³/mol. The topological polar surface area (TPSA) is 9.23 Å². The van der Waals surface area contributed by atoms with Crippen LogP contribution in [0.2, 0.25) is 0 Å². The minimum Gasteiger partial charge on any atom is -0.493 e. The molecule has 1 aromatic carbocycles. The fraction of sp³-hybridized carbons (Fsp3) is 0.786. The van der Waals surface area contributed by atoms with E-state index in [1.54, 1.807) is 0 Å². The van der Waals surface area contributed by atoms with Gasteiger partial charge in [-0.2, -0.15) is 26.3 Å². The van der Waals surface area contributed by atoms with Crippen LogP contribution in [0.25, 0.3) is 0 Å². The van der Waals surface area contributed by atoms with Crippen molar-refractivity contribution in [3.8, 4) is 5.75 Å². The van der Waals surface area contributed by atoms with Gasteiger partial charge in [-0.25, -0.2) is 0 Å². The molecule has 200 valence electrons. The first-order chi connectivity index (χ1) is 16.5. The van der Waals surface area contributed by atoms with Gasteiger partial charge in [0.2, 0.25) is 0 Å². The van der Waals surface area contributed by atoms with Gasteiger partial charge in [-0.3, -0.25) is 0 Å². The average molecular weight is 507 g/mol. The van der Waals surface area contributed by atoms with Crippen LogP contribution < -0.4 is 4.74 Å². The Kier molecular flexibility index (Phi) is 9.47. The Balaban J connectivity index is 1.68. The van der Waals surface area contributed by atoms with E-state index in [2.05, 4.69) is 6.92 Å². The van der Waals surface area contributed by atoms with Gasteiger partial charge in [-0.15, -0.1) is 0 Å². The molecule has 2 fully saturated rings. The summed E-state index contributed by atoms with van der Waals surface area (Å²) in [5.74, 6) is 1.87. The average Bonchev–Trinajstić information content (AvgIpc) is 2.78. The number of rotatable bonds is 8. The summed E-state index contributed by atoms with van der Waals surface area (Å²) < 4.78 is 88.3. The maximum absolute atomic E-state index is 14.0.